The third kappa shape index (κ3) is 5.38. The van der Waals surface area contributed by atoms with Crippen LogP contribution in [0.25, 0.3) is 17.2 Å². The summed E-state index contributed by atoms with van der Waals surface area (Å²) >= 11 is 0. The summed E-state index contributed by atoms with van der Waals surface area (Å²) in [6.45, 7) is 5.53. The van der Waals surface area contributed by atoms with Gasteiger partial charge in [-0.3, -0.25) is 9.25 Å². The van der Waals surface area contributed by atoms with Crippen molar-refractivity contribution in [2.75, 3.05) is 20.8 Å². The molecule has 4 rings (SSSR count). The molecule has 38 heavy (non-hydrogen) atoms. The predicted molar refractivity (Wildman–Crippen MR) is 140 cm³/mol. The summed E-state index contributed by atoms with van der Waals surface area (Å²) in [4.78, 5) is 8.64. The van der Waals surface area contributed by atoms with E-state index >= 15 is 0 Å². The Morgan fingerprint density at radius 2 is 1.68 bits per heavy atom. The van der Waals surface area contributed by atoms with Gasteiger partial charge in [0, 0.05) is 32.2 Å². The van der Waals surface area contributed by atoms with Gasteiger partial charge in [-0.1, -0.05) is 6.07 Å². The fraction of sp³-hybridized carbons (Fsp3) is 0.400. The van der Waals surface area contributed by atoms with Gasteiger partial charge in [-0.15, -0.1) is 10.2 Å². The summed E-state index contributed by atoms with van der Waals surface area (Å²) in [7, 11) is 0.965. The fourth-order valence-corrected chi connectivity index (χ4v) is 5.43. The lowest BCUT2D eigenvalue weighted by molar-refractivity contribution is 0.0556. The summed E-state index contributed by atoms with van der Waals surface area (Å²) in [5.74, 6) is 1.27. The fourth-order valence-electron chi connectivity index (χ4n) is 4.05. The number of benzene rings is 1. The van der Waals surface area contributed by atoms with Crippen molar-refractivity contribution < 1.29 is 22.6 Å². The summed E-state index contributed by atoms with van der Waals surface area (Å²) in [5, 5.41) is 12.1. The number of aryl methyl sites for hydroxylation is 2. The number of rotatable bonds is 11. The lowest BCUT2D eigenvalue weighted by Crippen LogP contribution is -2.30. The quantitative estimate of drug-likeness (QED) is 0.279. The first kappa shape index (κ1) is 27.2. The van der Waals surface area contributed by atoms with Crippen LogP contribution in [0.4, 0.5) is 0 Å². The Morgan fingerprint density at radius 1 is 1.03 bits per heavy atom. The maximum atomic E-state index is 13.8. The van der Waals surface area contributed by atoms with Crippen molar-refractivity contribution in [2.24, 2.45) is 7.05 Å². The highest BCUT2D eigenvalue weighted by atomic mass is 32.2. The van der Waals surface area contributed by atoms with Gasteiger partial charge in [-0.2, -0.15) is 5.10 Å². The van der Waals surface area contributed by atoms with Gasteiger partial charge in [0.1, 0.15) is 34.7 Å². The third-order valence-electron chi connectivity index (χ3n) is 6.02. The number of hydrogen-bond acceptors (Lipinski definition) is 10. The average molecular weight is 542 g/mol. The molecule has 0 saturated heterocycles. The molecule has 12 nitrogen and oxygen atoms in total. The highest BCUT2D eigenvalue weighted by Gasteiger charge is 2.35. The van der Waals surface area contributed by atoms with Crippen molar-refractivity contribution in [3.8, 4) is 28.7 Å². The molecule has 4 aromatic rings. The smallest absolute Gasteiger partial charge is 0.189 e. The van der Waals surface area contributed by atoms with Crippen LogP contribution < -0.4 is 9.47 Å². The highest BCUT2D eigenvalue weighted by Crippen LogP contribution is 2.37. The van der Waals surface area contributed by atoms with Gasteiger partial charge in [0.05, 0.1) is 19.5 Å². The second-order valence-corrected chi connectivity index (χ2v) is 11.0. The van der Waals surface area contributed by atoms with Gasteiger partial charge in [0.15, 0.2) is 27.3 Å². The minimum absolute atomic E-state index is 0.167. The average Bonchev–Trinajstić information content (AvgIpc) is 3.52. The molecule has 0 aliphatic rings. The van der Waals surface area contributed by atoms with Crippen molar-refractivity contribution >= 4 is 9.84 Å². The lowest BCUT2D eigenvalue weighted by Gasteiger charge is -2.23. The molecular weight excluding hydrogens is 510 g/mol. The van der Waals surface area contributed by atoms with Crippen molar-refractivity contribution in [3.63, 3.8) is 0 Å². The molecule has 0 unspecified atom stereocenters. The number of para-hydroxylation sites is 1. The molecule has 0 aliphatic carbocycles. The summed E-state index contributed by atoms with van der Waals surface area (Å²) in [6, 6.07) is 7.05. The normalized spacial score (nSPS) is 13.3. The molecule has 0 radical (unpaired) electrons. The van der Waals surface area contributed by atoms with Crippen LogP contribution in [0, 0.1) is 6.92 Å². The van der Waals surface area contributed by atoms with Gasteiger partial charge in [0.2, 0.25) is 0 Å². The van der Waals surface area contributed by atoms with E-state index in [2.05, 4.69) is 25.3 Å². The molecule has 0 saturated carbocycles. The summed E-state index contributed by atoms with van der Waals surface area (Å²) in [5.41, 5.74) is 1.83. The maximum Gasteiger partial charge on any atom is 0.189 e. The topological polar surface area (TPSA) is 136 Å². The van der Waals surface area contributed by atoms with E-state index in [0.29, 0.717) is 41.1 Å². The molecule has 2 atom stereocenters. The first-order chi connectivity index (χ1) is 18.2. The third-order valence-corrected chi connectivity index (χ3v) is 8.06. The zero-order valence-electron chi connectivity index (χ0n) is 22.2. The number of hydrogen-bond donors (Lipinski definition) is 0. The Kier molecular flexibility index (Phi) is 8.07. The van der Waals surface area contributed by atoms with E-state index in [4.69, 9.17) is 14.2 Å². The van der Waals surface area contributed by atoms with E-state index in [1.54, 1.807) is 73.0 Å². The number of ether oxygens (including phenoxy) is 3. The van der Waals surface area contributed by atoms with E-state index in [9.17, 15) is 8.42 Å². The van der Waals surface area contributed by atoms with Crippen molar-refractivity contribution in [2.45, 2.75) is 37.9 Å². The van der Waals surface area contributed by atoms with E-state index in [-0.39, 0.29) is 5.82 Å². The highest BCUT2D eigenvalue weighted by molar-refractivity contribution is 7.91. The lowest BCUT2D eigenvalue weighted by atomic mass is 10.2. The Hall–Kier alpha value is -3.84. The minimum atomic E-state index is -3.86. The SMILES string of the molecule is CCO[C@@H](c1ncc(C)cn1)[C@H](C)S(=O)(=O)Cc1nnc(-c2ccn(C)n2)n1-c1c(OC)cccc1OC. The van der Waals surface area contributed by atoms with Crippen molar-refractivity contribution in [1.29, 1.82) is 0 Å². The van der Waals surface area contributed by atoms with Crippen molar-refractivity contribution in [3.05, 3.63) is 60.1 Å². The Labute approximate surface area is 221 Å². The molecule has 13 heteroatoms. The van der Waals surface area contributed by atoms with E-state index in [1.165, 1.54) is 14.2 Å². The van der Waals surface area contributed by atoms with Crippen molar-refractivity contribution in [1.82, 2.24) is 34.5 Å². The van der Waals surface area contributed by atoms with Gasteiger partial charge < -0.3 is 14.2 Å². The summed E-state index contributed by atoms with van der Waals surface area (Å²) < 4.78 is 47.9. The van der Waals surface area contributed by atoms with E-state index < -0.39 is 26.9 Å². The molecule has 0 fully saturated rings. The largest absolute Gasteiger partial charge is 0.494 e. The second kappa shape index (κ2) is 11.3. The molecule has 0 spiro atoms. The number of aromatic nitrogens is 7. The molecule has 3 aromatic heterocycles. The molecule has 1 aromatic carbocycles. The molecule has 202 valence electrons. The minimum Gasteiger partial charge on any atom is -0.494 e. The van der Waals surface area contributed by atoms with E-state index in [0.717, 1.165) is 5.56 Å². The zero-order valence-corrected chi connectivity index (χ0v) is 23.0. The first-order valence-electron chi connectivity index (χ1n) is 12.0. The molecule has 0 amide bonds. The van der Waals surface area contributed by atoms with Crippen LogP contribution in [0.1, 0.15) is 37.2 Å². The molecule has 0 N–H and O–H groups in total. The first-order valence-corrected chi connectivity index (χ1v) is 13.7. The Bertz CT molecular complexity index is 1480. The van der Waals surface area contributed by atoms with Crippen LogP contribution in [0.5, 0.6) is 11.5 Å². The van der Waals surface area contributed by atoms with Gasteiger partial charge >= 0.3 is 0 Å². The van der Waals surface area contributed by atoms with Gasteiger partial charge in [0.25, 0.3) is 0 Å². The monoisotopic (exact) mass is 541 g/mol. The Morgan fingerprint density at radius 3 is 2.24 bits per heavy atom. The number of nitrogens with zero attached hydrogens (tertiary/aromatic N) is 7. The zero-order chi connectivity index (χ0) is 27.4. The predicted octanol–water partition coefficient (Wildman–Crippen LogP) is 2.86. The van der Waals surface area contributed by atoms with Crippen LogP contribution in [0.15, 0.2) is 42.9 Å². The van der Waals surface area contributed by atoms with Crippen LogP contribution in [-0.2, 0) is 27.4 Å². The number of methoxy groups -OCH3 is 2. The van der Waals surface area contributed by atoms with E-state index in [1.807, 2.05) is 6.92 Å². The van der Waals surface area contributed by atoms with Crippen LogP contribution in [0.3, 0.4) is 0 Å². The second-order valence-electron chi connectivity index (χ2n) is 8.67. The standard InChI is InChI=1S/C25H31N7O5S/c1-7-37-23(24-26-13-16(2)14-27-24)17(3)38(33,34)15-21-28-29-25(18-11-12-31(4)30-18)32(21)22-19(35-5)9-8-10-20(22)36-6/h8-14,17,23H,7,15H2,1-6H3/t17-,23+/m0/s1. The number of sulfone groups is 1. The van der Waals surface area contributed by atoms with Gasteiger partial charge in [-0.25, -0.2) is 18.4 Å². The molecule has 0 bridgehead atoms. The molecular formula is C25H31N7O5S. The molecule has 0 aliphatic heterocycles. The van der Waals surface area contributed by atoms with Gasteiger partial charge in [-0.05, 0) is 44.5 Å². The summed E-state index contributed by atoms with van der Waals surface area (Å²) in [6.07, 6.45) is 4.17. The Balaban J connectivity index is 1.82. The van der Waals surface area contributed by atoms with Crippen LogP contribution >= 0.6 is 0 Å². The maximum absolute atomic E-state index is 13.8. The van der Waals surface area contributed by atoms with Crippen LogP contribution in [0.2, 0.25) is 0 Å². The van der Waals surface area contributed by atoms with Crippen LogP contribution in [-0.4, -0.2) is 69.0 Å². The molecule has 3 heterocycles.